The van der Waals surface area contributed by atoms with Crippen LogP contribution >= 0.6 is 0 Å². The van der Waals surface area contributed by atoms with Crippen molar-refractivity contribution in [3.05, 3.63) is 0 Å². The quantitative estimate of drug-likeness (QED) is 0.645. The molecule has 1 aliphatic rings. The average Bonchev–Trinajstić information content (AvgIpc) is 2.55. The molecule has 1 saturated heterocycles. The van der Waals surface area contributed by atoms with E-state index in [1.165, 1.54) is 0 Å². The van der Waals surface area contributed by atoms with Gasteiger partial charge in [0.05, 0.1) is 6.61 Å². The monoisotopic (exact) mass is 170 g/mol. The predicted octanol–water partition coefficient (Wildman–Crippen LogP) is 2.03. The molecule has 2 heteroatoms. The Labute approximate surface area is 74.3 Å². The molecule has 0 N–H and O–H groups in total. The summed E-state index contributed by atoms with van der Waals surface area (Å²) in [5, 5.41) is 0. The minimum Gasteiger partial charge on any atom is -0.381 e. The Bertz CT molecular complexity index is 148. The topological polar surface area (TPSA) is 26.3 Å². The molecule has 0 bridgehead atoms. The van der Waals surface area contributed by atoms with Gasteiger partial charge in [0.1, 0.15) is 5.78 Å². The first kappa shape index (κ1) is 9.72. The molecule has 2 unspecified atom stereocenters. The molecule has 0 radical (unpaired) electrons. The van der Waals surface area contributed by atoms with Crippen molar-refractivity contribution in [2.75, 3.05) is 13.2 Å². The fourth-order valence-electron chi connectivity index (χ4n) is 1.68. The number of hydrogen-bond donors (Lipinski definition) is 0. The van der Waals surface area contributed by atoms with Crippen molar-refractivity contribution >= 4 is 5.78 Å². The van der Waals surface area contributed by atoms with Crippen LogP contribution in [0.15, 0.2) is 0 Å². The van der Waals surface area contributed by atoms with Crippen LogP contribution in [0.5, 0.6) is 0 Å². The Morgan fingerprint density at radius 2 is 2.42 bits per heavy atom. The summed E-state index contributed by atoms with van der Waals surface area (Å²) in [6, 6.07) is 0. The fourth-order valence-corrected chi connectivity index (χ4v) is 1.68. The summed E-state index contributed by atoms with van der Waals surface area (Å²) in [5.74, 6) is 1.12. The van der Waals surface area contributed by atoms with Crippen LogP contribution < -0.4 is 0 Å². The van der Waals surface area contributed by atoms with E-state index in [4.69, 9.17) is 4.74 Å². The summed E-state index contributed by atoms with van der Waals surface area (Å²) >= 11 is 0. The Morgan fingerprint density at radius 3 is 2.92 bits per heavy atom. The van der Waals surface area contributed by atoms with Gasteiger partial charge in [0.15, 0.2) is 0 Å². The lowest BCUT2D eigenvalue weighted by Gasteiger charge is -2.15. The number of Topliss-reactive ketones (excluding diaryl/α,β-unsaturated/α-hetero) is 1. The second-order valence-corrected chi connectivity index (χ2v) is 3.63. The maximum absolute atomic E-state index is 11.5. The second kappa shape index (κ2) is 4.61. The van der Waals surface area contributed by atoms with Gasteiger partial charge in [-0.2, -0.15) is 0 Å². The number of ether oxygens (including phenoxy) is 1. The summed E-state index contributed by atoms with van der Waals surface area (Å²) in [7, 11) is 0. The summed E-state index contributed by atoms with van der Waals surface area (Å²) < 4.78 is 5.25. The van der Waals surface area contributed by atoms with Gasteiger partial charge < -0.3 is 4.74 Å². The van der Waals surface area contributed by atoms with E-state index >= 15 is 0 Å². The van der Waals surface area contributed by atoms with Crippen LogP contribution in [0.4, 0.5) is 0 Å². The first-order valence-corrected chi connectivity index (χ1v) is 4.86. The molecule has 0 saturated carbocycles. The van der Waals surface area contributed by atoms with Crippen LogP contribution in [0.2, 0.25) is 0 Å². The number of ketones is 1. The molecule has 0 amide bonds. The number of hydrogen-bond acceptors (Lipinski definition) is 2. The molecule has 1 heterocycles. The second-order valence-electron chi connectivity index (χ2n) is 3.63. The number of rotatable bonds is 4. The van der Waals surface area contributed by atoms with Gasteiger partial charge in [0.2, 0.25) is 0 Å². The Kier molecular flexibility index (Phi) is 3.73. The summed E-state index contributed by atoms with van der Waals surface area (Å²) in [5.41, 5.74) is 0. The molecule has 0 aromatic heterocycles. The SMILES string of the molecule is CCCC(=O)C(C)C1CCOC1. The van der Waals surface area contributed by atoms with E-state index in [1.807, 2.05) is 6.92 Å². The van der Waals surface area contributed by atoms with Crippen molar-refractivity contribution in [2.24, 2.45) is 11.8 Å². The smallest absolute Gasteiger partial charge is 0.136 e. The van der Waals surface area contributed by atoms with Gasteiger partial charge in [-0.15, -0.1) is 0 Å². The maximum atomic E-state index is 11.5. The third kappa shape index (κ3) is 2.31. The van der Waals surface area contributed by atoms with E-state index in [0.717, 1.165) is 32.5 Å². The molecule has 1 rings (SSSR count). The summed E-state index contributed by atoms with van der Waals surface area (Å²) in [6.45, 7) is 5.72. The van der Waals surface area contributed by atoms with E-state index in [2.05, 4.69) is 6.92 Å². The lowest BCUT2D eigenvalue weighted by atomic mass is 9.88. The average molecular weight is 170 g/mol. The molecule has 2 nitrogen and oxygen atoms in total. The summed E-state index contributed by atoms with van der Waals surface area (Å²) in [6.07, 6.45) is 2.77. The number of carbonyl (C=O) groups excluding carboxylic acids is 1. The minimum atomic E-state index is 0.215. The van der Waals surface area contributed by atoms with Crippen LogP contribution in [0, 0.1) is 11.8 Å². The third-order valence-corrected chi connectivity index (χ3v) is 2.68. The van der Waals surface area contributed by atoms with Crippen LogP contribution in [-0.4, -0.2) is 19.0 Å². The highest BCUT2D eigenvalue weighted by atomic mass is 16.5. The number of carbonyl (C=O) groups is 1. The lowest BCUT2D eigenvalue weighted by molar-refractivity contribution is -0.124. The van der Waals surface area contributed by atoms with Gasteiger partial charge in [0.25, 0.3) is 0 Å². The van der Waals surface area contributed by atoms with Crippen LogP contribution in [0.1, 0.15) is 33.1 Å². The van der Waals surface area contributed by atoms with Crippen molar-refractivity contribution in [3.8, 4) is 0 Å². The molecular formula is C10H18O2. The zero-order valence-corrected chi connectivity index (χ0v) is 8.01. The Hall–Kier alpha value is -0.370. The highest BCUT2D eigenvalue weighted by Crippen LogP contribution is 2.23. The Balaban J connectivity index is 2.34. The van der Waals surface area contributed by atoms with Gasteiger partial charge in [0, 0.05) is 18.9 Å². The van der Waals surface area contributed by atoms with E-state index in [1.54, 1.807) is 0 Å². The molecule has 0 aliphatic carbocycles. The largest absolute Gasteiger partial charge is 0.381 e. The van der Waals surface area contributed by atoms with Gasteiger partial charge in [-0.05, 0) is 18.8 Å². The highest BCUT2D eigenvalue weighted by Gasteiger charge is 2.26. The molecule has 12 heavy (non-hydrogen) atoms. The normalized spacial score (nSPS) is 25.7. The van der Waals surface area contributed by atoms with E-state index in [9.17, 15) is 4.79 Å². The molecule has 0 aromatic rings. The van der Waals surface area contributed by atoms with Gasteiger partial charge in [-0.1, -0.05) is 13.8 Å². The van der Waals surface area contributed by atoms with Crippen LogP contribution in [0.25, 0.3) is 0 Å². The molecule has 70 valence electrons. The zero-order chi connectivity index (χ0) is 8.97. The van der Waals surface area contributed by atoms with Crippen molar-refractivity contribution in [3.63, 3.8) is 0 Å². The maximum Gasteiger partial charge on any atom is 0.136 e. The first-order valence-electron chi connectivity index (χ1n) is 4.86. The highest BCUT2D eigenvalue weighted by molar-refractivity contribution is 5.80. The molecule has 1 aliphatic heterocycles. The van der Waals surface area contributed by atoms with Gasteiger partial charge in [-0.25, -0.2) is 0 Å². The zero-order valence-electron chi connectivity index (χ0n) is 8.01. The Morgan fingerprint density at radius 1 is 1.67 bits per heavy atom. The van der Waals surface area contributed by atoms with Crippen molar-refractivity contribution in [1.29, 1.82) is 0 Å². The standard InChI is InChI=1S/C10H18O2/c1-3-4-10(11)8(2)9-5-6-12-7-9/h8-9H,3-7H2,1-2H3. The molecule has 1 fully saturated rings. The van der Waals surface area contributed by atoms with Crippen molar-refractivity contribution in [2.45, 2.75) is 33.1 Å². The molecule has 2 atom stereocenters. The first-order chi connectivity index (χ1) is 5.75. The van der Waals surface area contributed by atoms with E-state index < -0.39 is 0 Å². The molecular weight excluding hydrogens is 152 g/mol. The minimum absolute atomic E-state index is 0.215. The summed E-state index contributed by atoms with van der Waals surface area (Å²) in [4.78, 5) is 11.5. The predicted molar refractivity (Wildman–Crippen MR) is 48.0 cm³/mol. The fraction of sp³-hybridized carbons (Fsp3) is 0.900. The van der Waals surface area contributed by atoms with Crippen molar-refractivity contribution in [1.82, 2.24) is 0 Å². The van der Waals surface area contributed by atoms with Gasteiger partial charge >= 0.3 is 0 Å². The van der Waals surface area contributed by atoms with E-state index in [-0.39, 0.29) is 5.92 Å². The lowest BCUT2D eigenvalue weighted by Crippen LogP contribution is -2.20. The van der Waals surface area contributed by atoms with Crippen LogP contribution in [-0.2, 0) is 9.53 Å². The third-order valence-electron chi connectivity index (χ3n) is 2.68. The molecule has 0 aromatic carbocycles. The van der Waals surface area contributed by atoms with Gasteiger partial charge in [-0.3, -0.25) is 4.79 Å². The molecule has 0 spiro atoms. The van der Waals surface area contributed by atoms with Crippen molar-refractivity contribution < 1.29 is 9.53 Å². The van der Waals surface area contributed by atoms with Crippen LogP contribution in [0.3, 0.4) is 0 Å². The van der Waals surface area contributed by atoms with E-state index in [0.29, 0.717) is 11.7 Å².